The van der Waals surface area contributed by atoms with E-state index in [2.05, 4.69) is 22.0 Å². The molecule has 36 heavy (non-hydrogen) atoms. The molecule has 1 aromatic heterocycles. The Balaban J connectivity index is 1.83. The van der Waals surface area contributed by atoms with Gasteiger partial charge in [0.15, 0.2) is 10.8 Å². The van der Waals surface area contributed by atoms with E-state index in [9.17, 15) is 24.3 Å². The van der Waals surface area contributed by atoms with Crippen LogP contribution in [0.5, 0.6) is 0 Å². The number of oxime groups is 1. The maximum absolute atomic E-state index is 13.2. The van der Waals surface area contributed by atoms with Crippen LogP contribution in [0.15, 0.2) is 29.1 Å². The van der Waals surface area contributed by atoms with Gasteiger partial charge in [-0.05, 0) is 33.3 Å². The average molecular weight is 558 g/mol. The van der Waals surface area contributed by atoms with Crippen LogP contribution < -0.4 is 11.1 Å². The number of thiazole rings is 1. The molecule has 2 amide bonds. The number of nitrogens with zero attached hydrogens (tertiary/aromatic N) is 3. The quantitative estimate of drug-likeness (QED) is 0.185. The van der Waals surface area contributed by atoms with Crippen LogP contribution in [0.1, 0.15) is 33.4 Å². The van der Waals surface area contributed by atoms with Gasteiger partial charge in [0.25, 0.3) is 11.8 Å². The number of anilines is 1. The highest BCUT2D eigenvalue weighted by molar-refractivity contribution is 8.00. The van der Waals surface area contributed by atoms with Crippen LogP contribution >= 0.6 is 34.7 Å². The number of nitrogens with two attached hydrogens (primary N) is 1. The largest absolute Gasteiger partial charge is 0.477 e. The number of rotatable bonds is 8. The van der Waals surface area contributed by atoms with Crippen molar-refractivity contribution in [2.75, 3.05) is 11.5 Å². The Morgan fingerprint density at radius 2 is 2.08 bits per heavy atom. The molecule has 194 valence electrons. The number of thioether (sulfide) groups is 1. The molecule has 1 fully saturated rings. The molecule has 1 aromatic rings. The minimum Gasteiger partial charge on any atom is -0.477 e. The van der Waals surface area contributed by atoms with E-state index in [4.69, 9.17) is 26.9 Å². The van der Waals surface area contributed by atoms with Gasteiger partial charge in [-0.25, -0.2) is 14.6 Å². The minimum absolute atomic E-state index is 0.0373. The number of carboxylic acid groups (broad SMARTS) is 1. The number of halogens is 1. The normalized spacial score (nSPS) is 20.8. The molecule has 0 radical (unpaired) electrons. The average Bonchev–Trinajstić information content (AvgIpc) is 3.12. The number of carbonyl (C=O) groups is 4. The van der Waals surface area contributed by atoms with Gasteiger partial charge in [0.2, 0.25) is 6.10 Å². The van der Waals surface area contributed by atoms with E-state index in [1.807, 2.05) is 0 Å². The van der Waals surface area contributed by atoms with Crippen LogP contribution in [-0.2, 0) is 28.8 Å². The number of nitrogens with one attached hydrogen (secondary N) is 1. The number of fused-ring (bicyclic) bond motifs is 1. The number of β-lactam (4-membered cyclic amide) rings is 1. The first kappa shape index (κ1) is 27.5. The highest BCUT2D eigenvalue weighted by atomic mass is 35.5. The molecule has 12 nitrogen and oxygen atoms in total. The lowest BCUT2D eigenvalue weighted by atomic mass is 10.0. The highest BCUT2D eigenvalue weighted by Crippen LogP contribution is 2.40. The Morgan fingerprint density at radius 1 is 1.42 bits per heavy atom. The lowest BCUT2D eigenvalue weighted by molar-refractivity contribution is -0.167. The Kier molecular flexibility index (Phi) is 8.00. The number of ether oxygens (including phenoxy) is 1. The van der Waals surface area contributed by atoms with E-state index in [-0.39, 0.29) is 26.6 Å². The lowest BCUT2D eigenvalue weighted by Gasteiger charge is -2.49. The highest BCUT2D eigenvalue weighted by Gasteiger charge is 2.54. The van der Waals surface area contributed by atoms with Gasteiger partial charge in [0.05, 0.1) is 0 Å². The molecule has 2 unspecified atom stereocenters. The number of aromatic nitrogens is 1. The van der Waals surface area contributed by atoms with Crippen LogP contribution in [0.25, 0.3) is 0 Å². The summed E-state index contributed by atoms with van der Waals surface area (Å²) in [6.07, 6.45) is 0.200. The van der Waals surface area contributed by atoms with Gasteiger partial charge in [0, 0.05) is 5.75 Å². The summed E-state index contributed by atoms with van der Waals surface area (Å²) in [5.74, 6) is -3.21. The summed E-state index contributed by atoms with van der Waals surface area (Å²) in [6, 6.07) is -1.05. The predicted molar refractivity (Wildman–Crippen MR) is 134 cm³/mol. The van der Waals surface area contributed by atoms with E-state index in [0.29, 0.717) is 5.57 Å². The van der Waals surface area contributed by atoms with Crippen molar-refractivity contribution >= 4 is 69.3 Å². The van der Waals surface area contributed by atoms with Crippen molar-refractivity contribution in [3.63, 3.8) is 0 Å². The van der Waals surface area contributed by atoms with Gasteiger partial charge in [0.1, 0.15) is 32.7 Å². The maximum atomic E-state index is 13.2. The van der Waals surface area contributed by atoms with Crippen molar-refractivity contribution in [3.05, 3.63) is 34.0 Å². The van der Waals surface area contributed by atoms with E-state index < -0.39 is 52.6 Å². The molecular weight excluding hydrogens is 534 g/mol. The Bertz CT molecular complexity index is 1190. The minimum atomic E-state index is -1.27. The maximum Gasteiger partial charge on any atom is 0.352 e. The predicted octanol–water partition coefficient (Wildman–Crippen LogP) is 1.75. The third-order valence-corrected chi connectivity index (χ3v) is 7.20. The molecule has 3 rings (SSSR count). The van der Waals surface area contributed by atoms with Gasteiger partial charge in [-0.15, -0.1) is 11.8 Å². The third kappa shape index (κ3) is 5.65. The summed E-state index contributed by atoms with van der Waals surface area (Å²) in [5, 5.41) is 15.3. The van der Waals surface area contributed by atoms with E-state index >= 15 is 0 Å². The second kappa shape index (κ2) is 10.5. The van der Waals surface area contributed by atoms with Crippen molar-refractivity contribution in [3.8, 4) is 0 Å². The monoisotopic (exact) mass is 557 g/mol. The van der Waals surface area contributed by atoms with Gasteiger partial charge < -0.3 is 25.7 Å². The first-order valence-corrected chi connectivity index (χ1v) is 12.7. The summed E-state index contributed by atoms with van der Waals surface area (Å²) in [7, 11) is 0. The topological polar surface area (TPSA) is 174 Å². The summed E-state index contributed by atoms with van der Waals surface area (Å²) in [5.41, 5.74) is 4.63. The molecular formula is C21H24ClN5O7S2. The summed E-state index contributed by atoms with van der Waals surface area (Å²) >= 11 is 8.33. The standard InChI is InChI=1S/C21H24ClN5O7S2/c1-6-9-7-35-17-12(16(29)27(17)13(9)18(30)31)24-15(28)11(10-14(22)36-20(23)25-10)26-34-8(2)19(32)33-21(3,4)5/h6,8,12,17H,1,7H2,2-5H3,(H2,23,25)(H,24,28)(H,30,31)/b26-11-/t8?,12?,17-/m1/s1. The number of hydrogen-bond acceptors (Lipinski definition) is 11. The Morgan fingerprint density at radius 3 is 2.61 bits per heavy atom. The molecule has 4 N–H and O–H groups in total. The fourth-order valence-electron chi connectivity index (χ4n) is 3.22. The van der Waals surface area contributed by atoms with Crippen molar-refractivity contribution in [1.29, 1.82) is 0 Å². The molecule has 0 spiro atoms. The second-order valence-corrected chi connectivity index (χ2v) is 11.4. The van der Waals surface area contributed by atoms with E-state index in [1.54, 1.807) is 20.8 Å². The van der Waals surface area contributed by atoms with E-state index in [1.165, 1.54) is 24.8 Å². The number of carbonyl (C=O) groups excluding carboxylic acids is 3. The molecule has 0 bridgehead atoms. The molecule has 2 aliphatic heterocycles. The van der Waals surface area contributed by atoms with Crippen molar-refractivity contribution in [2.45, 2.75) is 50.8 Å². The number of allylic oxidation sites excluding steroid dienone is 1. The second-order valence-electron chi connectivity index (χ2n) is 8.64. The number of amides is 2. The summed E-state index contributed by atoms with van der Waals surface area (Å²) in [6.45, 7) is 10.0. The fourth-order valence-corrected chi connectivity index (χ4v) is 5.49. The molecule has 2 aliphatic rings. The van der Waals surface area contributed by atoms with Crippen molar-refractivity contribution < 1.29 is 33.9 Å². The number of carboxylic acids is 1. The van der Waals surface area contributed by atoms with Crippen LogP contribution in [-0.4, -0.2) is 73.3 Å². The van der Waals surface area contributed by atoms with Crippen LogP contribution in [0.3, 0.4) is 0 Å². The van der Waals surface area contributed by atoms with Crippen molar-refractivity contribution in [2.24, 2.45) is 5.16 Å². The first-order valence-electron chi connectivity index (χ1n) is 10.5. The summed E-state index contributed by atoms with van der Waals surface area (Å²) < 4.78 is 5.27. The molecule has 3 heterocycles. The van der Waals surface area contributed by atoms with Crippen LogP contribution in [0, 0.1) is 0 Å². The molecule has 15 heteroatoms. The van der Waals surface area contributed by atoms with Crippen molar-refractivity contribution in [1.82, 2.24) is 15.2 Å². The number of nitrogen functional groups attached to an aromatic ring is 1. The zero-order chi connectivity index (χ0) is 26.9. The zero-order valence-corrected chi connectivity index (χ0v) is 22.1. The summed E-state index contributed by atoms with van der Waals surface area (Å²) in [4.78, 5) is 60.2. The fraction of sp³-hybridized carbons (Fsp3) is 0.429. The Hall–Kier alpha value is -3.10. The molecule has 0 aliphatic carbocycles. The van der Waals surface area contributed by atoms with Gasteiger partial charge in [-0.2, -0.15) is 0 Å². The molecule has 0 aromatic carbocycles. The van der Waals surface area contributed by atoms with Gasteiger partial charge in [-0.1, -0.05) is 40.7 Å². The van der Waals surface area contributed by atoms with Crippen LogP contribution in [0.2, 0.25) is 4.34 Å². The van der Waals surface area contributed by atoms with Gasteiger partial charge >= 0.3 is 11.9 Å². The van der Waals surface area contributed by atoms with Crippen LogP contribution in [0.4, 0.5) is 5.13 Å². The molecule has 3 atom stereocenters. The number of hydrogen-bond donors (Lipinski definition) is 3. The Labute approximate surface area is 219 Å². The lowest BCUT2D eigenvalue weighted by Crippen LogP contribution is -2.71. The third-order valence-electron chi connectivity index (χ3n) is 4.82. The van der Waals surface area contributed by atoms with Gasteiger partial charge in [-0.3, -0.25) is 14.5 Å². The molecule has 1 saturated heterocycles. The first-order chi connectivity index (χ1) is 16.7. The SMILES string of the molecule is C=CC1=C(C(=O)O)N2C(=O)C(NC(=O)/C(=N\OC(C)C(=O)OC(C)(C)C)c3nc(N)sc3Cl)[C@H]2SC1. The number of esters is 1. The van der Waals surface area contributed by atoms with E-state index in [0.717, 1.165) is 16.2 Å². The zero-order valence-electron chi connectivity index (χ0n) is 19.7. The number of aliphatic carboxylic acids is 1. The molecule has 0 saturated carbocycles. The smallest absolute Gasteiger partial charge is 0.352 e.